The third-order valence-corrected chi connectivity index (χ3v) is 4.71. The van der Waals surface area contributed by atoms with Gasteiger partial charge in [0, 0.05) is 26.2 Å². The maximum absolute atomic E-state index is 12.6. The lowest BCUT2D eigenvalue weighted by Crippen LogP contribution is -2.43. The fourth-order valence-electron chi connectivity index (χ4n) is 3.72. The molecule has 0 spiro atoms. The minimum absolute atomic E-state index is 0.0242. The highest BCUT2D eigenvalue weighted by Crippen LogP contribution is 2.22. The van der Waals surface area contributed by atoms with E-state index in [9.17, 15) is 4.79 Å². The number of nitrogens with zero attached hydrogens (tertiary/aromatic N) is 4. The summed E-state index contributed by atoms with van der Waals surface area (Å²) in [5.74, 6) is 2.05. The second-order valence-electron chi connectivity index (χ2n) is 6.98. The molecule has 0 saturated carbocycles. The molecular formula is C17H26N4O. The Morgan fingerprint density at radius 3 is 2.32 bits per heavy atom. The van der Waals surface area contributed by atoms with Gasteiger partial charge in [0.2, 0.25) is 0 Å². The highest BCUT2D eigenvalue weighted by molar-refractivity contribution is 5.92. The van der Waals surface area contributed by atoms with E-state index < -0.39 is 0 Å². The van der Waals surface area contributed by atoms with Crippen LogP contribution in [0.5, 0.6) is 0 Å². The zero-order valence-corrected chi connectivity index (χ0v) is 13.7. The van der Waals surface area contributed by atoms with Crippen LogP contribution in [0.3, 0.4) is 0 Å². The van der Waals surface area contributed by atoms with Gasteiger partial charge in [-0.15, -0.1) is 10.2 Å². The average molecular weight is 302 g/mol. The Morgan fingerprint density at radius 2 is 1.73 bits per heavy atom. The monoisotopic (exact) mass is 302 g/mol. The number of carbonyl (C=O) groups excluding carboxylic acids is 1. The van der Waals surface area contributed by atoms with Gasteiger partial charge in [0.15, 0.2) is 11.5 Å². The molecular weight excluding hydrogens is 276 g/mol. The standard InChI is InChI=1S/C17H26N4O/c1-13-10-14(2)12-21(11-13)17(22)15-6-7-16(19-18-15)20-8-4-3-5-9-20/h6-7,13-14H,3-5,8-12H2,1-2H3. The Hall–Kier alpha value is -1.65. The Labute approximate surface area is 132 Å². The Kier molecular flexibility index (Phi) is 4.60. The zero-order chi connectivity index (χ0) is 15.5. The molecule has 0 bridgehead atoms. The molecule has 5 heteroatoms. The smallest absolute Gasteiger partial charge is 0.274 e. The maximum atomic E-state index is 12.6. The van der Waals surface area contributed by atoms with E-state index in [-0.39, 0.29) is 5.91 Å². The normalized spacial score (nSPS) is 26.1. The number of rotatable bonds is 2. The van der Waals surface area contributed by atoms with Crippen LogP contribution >= 0.6 is 0 Å². The van der Waals surface area contributed by atoms with Crippen LogP contribution in [0, 0.1) is 11.8 Å². The molecule has 2 unspecified atom stereocenters. The van der Waals surface area contributed by atoms with Gasteiger partial charge in [0.25, 0.3) is 5.91 Å². The van der Waals surface area contributed by atoms with E-state index in [1.54, 1.807) is 0 Å². The van der Waals surface area contributed by atoms with E-state index >= 15 is 0 Å². The van der Waals surface area contributed by atoms with Crippen LogP contribution in [-0.4, -0.2) is 47.2 Å². The first kappa shape index (κ1) is 15.3. The first-order valence-electron chi connectivity index (χ1n) is 8.51. The van der Waals surface area contributed by atoms with Crippen LogP contribution in [0.1, 0.15) is 50.0 Å². The van der Waals surface area contributed by atoms with Crippen LogP contribution in [0.25, 0.3) is 0 Å². The van der Waals surface area contributed by atoms with Crippen molar-refractivity contribution >= 4 is 11.7 Å². The van der Waals surface area contributed by atoms with Crippen molar-refractivity contribution in [2.45, 2.75) is 39.5 Å². The molecule has 5 nitrogen and oxygen atoms in total. The van der Waals surface area contributed by atoms with Crippen molar-refractivity contribution in [3.63, 3.8) is 0 Å². The number of piperidine rings is 2. The molecule has 0 aromatic carbocycles. The number of hydrogen-bond donors (Lipinski definition) is 0. The lowest BCUT2D eigenvalue weighted by atomic mass is 9.92. The molecule has 2 aliphatic heterocycles. The maximum Gasteiger partial charge on any atom is 0.274 e. The van der Waals surface area contributed by atoms with E-state index in [0.29, 0.717) is 17.5 Å². The zero-order valence-electron chi connectivity index (χ0n) is 13.7. The summed E-state index contributed by atoms with van der Waals surface area (Å²) in [7, 11) is 0. The van der Waals surface area contributed by atoms with Crippen LogP contribution < -0.4 is 4.90 Å². The molecule has 2 aliphatic rings. The van der Waals surface area contributed by atoms with Crippen LogP contribution in [0.4, 0.5) is 5.82 Å². The highest BCUT2D eigenvalue weighted by atomic mass is 16.2. The molecule has 1 aromatic rings. The first-order valence-corrected chi connectivity index (χ1v) is 8.51. The summed E-state index contributed by atoms with van der Waals surface area (Å²) in [5, 5.41) is 8.48. The minimum atomic E-state index is 0.0242. The van der Waals surface area contributed by atoms with Crippen molar-refractivity contribution in [1.82, 2.24) is 15.1 Å². The van der Waals surface area contributed by atoms with Gasteiger partial charge in [-0.2, -0.15) is 0 Å². The summed E-state index contributed by atoms with van der Waals surface area (Å²) >= 11 is 0. The van der Waals surface area contributed by atoms with E-state index in [4.69, 9.17) is 0 Å². The summed E-state index contributed by atoms with van der Waals surface area (Å²) < 4.78 is 0. The number of carbonyl (C=O) groups is 1. The van der Waals surface area contributed by atoms with Gasteiger partial charge in [-0.3, -0.25) is 4.79 Å². The second kappa shape index (κ2) is 6.63. The van der Waals surface area contributed by atoms with Crippen LogP contribution in [0.15, 0.2) is 12.1 Å². The summed E-state index contributed by atoms with van der Waals surface area (Å²) in [6.45, 7) is 8.17. The topological polar surface area (TPSA) is 49.3 Å². The van der Waals surface area contributed by atoms with Crippen molar-refractivity contribution in [2.24, 2.45) is 11.8 Å². The van der Waals surface area contributed by atoms with Crippen molar-refractivity contribution in [3.05, 3.63) is 17.8 Å². The predicted molar refractivity (Wildman–Crippen MR) is 86.9 cm³/mol. The van der Waals surface area contributed by atoms with Crippen LogP contribution in [-0.2, 0) is 0 Å². The molecule has 0 N–H and O–H groups in total. The quantitative estimate of drug-likeness (QED) is 0.842. The Balaban J connectivity index is 1.68. The molecule has 1 aromatic heterocycles. The summed E-state index contributed by atoms with van der Waals surface area (Å²) in [4.78, 5) is 16.8. The number of anilines is 1. The Morgan fingerprint density at radius 1 is 1.05 bits per heavy atom. The van der Waals surface area contributed by atoms with E-state index in [1.165, 1.54) is 25.7 Å². The fourth-order valence-corrected chi connectivity index (χ4v) is 3.72. The molecule has 3 heterocycles. The SMILES string of the molecule is CC1CC(C)CN(C(=O)c2ccc(N3CCCCC3)nn2)C1. The van der Waals surface area contributed by atoms with Gasteiger partial charge in [-0.25, -0.2) is 0 Å². The van der Waals surface area contributed by atoms with Gasteiger partial charge in [0.1, 0.15) is 0 Å². The van der Waals surface area contributed by atoms with Crippen LogP contribution in [0.2, 0.25) is 0 Å². The highest BCUT2D eigenvalue weighted by Gasteiger charge is 2.27. The lowest BCUT2D eigenvalue weighted by Gasteiger charge is -2.34. The van der Waals surface area contributed by atoms with Gasteiger partial charge < -0.3 is 9.80 Å². The molecule has 22 heavy (non-hydrogen) atoms. The number of amides is 1. The van der Waals surface area contributed by atoms with Crippen molar-refractivity contribution < 1.29 is 4.79 Å². The van der Waals surface area contributed by atoms with E-state index in [2.05, 4.69) is 28.9 Å². The lowest BCUT2D eigenvalue weighted by molar-refractivity contribution is 0.0616. The van der Waals surface area contributed by atoms with Gasteiger partial charge >= 0.3 is 0 Å². The van der Waals surface area contributed by atoms with Crippen molar-refractivity contribution in [3.8, 4) is 0 Å². The predicted octanol–water partition coefficient (Wildman–Crippen LogP) is 2.59. The first-order chi connectivity index (χ1) is 10.6. The molecule has 2 atom stereocenters. The number of aromatic nitrogens is 2. The number of likely N-dealkylation sites (tertiary alicyclic amines) is 1. The average Bonchev–Trinajstić information content (AvgIpc) is 2.54. The molecule has 120 valence electrons. The molecule has 2 fully saturated rings. The van der Waals surface area contributed by atoms with Gasteiger partial charge in [0.05, 0.1) is 0 Å². The molecule has 0 radical (unpaired) electrons. The van der Waals surface area contributed by atoms with E-state index in [1.807, 2.05) is 17.0 Å². The molecule has 2 saturated heterocycles. The van der Waals surface area contributed by atoms with Gasteiger partial charge in [-0.05, 0) is 49.7 Å². The Bertz CT molecular complexity index is 500. The third-order valence-electron chi connectivity index (χ3n) is 4.71. The molecule has 1 amide bonds. The minimum Gasteiger partial charge on any atom is -0.355 e. The van der Waals surface area contributed by atoms with E-state index in [0.717, 1.165) is 32.0 Å². The van der Waals surface area contributed by atoms with Crippen molar-refractivity contribution in [1.29, 1.82) is 0 Å². The largest absolute Gasteiger partial charge is 0.355 e. The summed E-state index contributed by atoms with van der Waals surface area (Å²) in [6.07, 6.45) is 4.92. The summed E-state index contributed by atoms with van der Waals surface area (Å²) in [5.41, 5.74) is 0.474. The van der Waals surface area contributed by atoms with Crippen molar-refractivity contribution in [2.75, 3.05) is 31.1 Å². The molecule has 0 aliphatic carbocycles. The van der Waals surface area contributed by atoms with Gasteiger partial charge in [-0.1, -0.05) is 13.8 Å². The third kappa shape index (κ3) is 3.39. The summed E-state index contributed by atoms with van der Waals surface area (Å²) in [6, 6.07) is 3.78. The second-order valence-corrected chi connectivity index (χ2v) is 6.98. The number of hydrogen-bond acceptors (Lipinski definition) is 4. The fraction of sp³-hybridized carbons (Fsp3) is 0.706. The molecule has 3 rings (SSSR count).